The second kappa shape index (κ2) is 13.3. The average molecular weight is 506 g/mol. The van der Waals surface area contributed by atoms with Gasteiger partial charge in [-0.05, 0) is 76.8 Å². The number of carboxylic acid groups (broad SMARTS) is 1. The fraction of sp³-hybridized carbons (Fsp3) is 0.333. The van der Waals surface area contributed by atoms with Gasteiger partial charge in [0.05, 0.1) is 13.2 Å². The zero-order valence-electron chi connectivity index (χ0n) is 21.4. The number of carbonyl (C=O) groups is 2. The number of thioether (sulfide) groups is 1. The molecule has 6 heteroatoms. The van der Waals surface area contributed by atoms with Gasteiger partial charge in [0.2, 0.25) is 0 Å². The maximum absolute atomic E-state index is 13.2. The van der Waals surface area contributed by atoms with Crippen LogP contribution in [0.1, 0.15) is 58.8 Å². The van der Waals surface area contributed by atoms with E-state index < -0.39 is 12.0 Å². The van der Waals surface area contributed by atoms with Crippen molar-refractivity contribution >= 4 is 23.6 Å². The lowest BCUT2D eigenvalue weighted by Gasteiger charge is -2.18. The molecule has 0 radical (unpaired) electrons. The van der Waals surface area contributed by atoms with Gasteiger partial charge in [-0.1, -0.05) is 68.4 Å². The Morgan fingerprint density at radius 2 is 1.67 bits per heavy atom. The molecule has 1 unspecified atom stereocenters. The van der Waals surface area contributed by atoms with Crippen molar-refractivity contribution < 1.29 is 19.4 Å². The van der Waals surface area contributed by atoms with E-state index >= 15 is 0 Å². The molecule has 0 saturated carbocycles. The number of ether oxygens (including phenoxy) is 1. The number of aliphatic carboxylic acids is 1. The lowest BCUT2D eigenvalue weighted by molar-refractivity contribution is -0.139. The topological polar surface area (TPSA) is 75.6 Å². The van der Waals surface area contributed by atoms with E-state index in [1.54, 1.807) is 17.8 Å². The lowest BCUT2D eigenvalue weighted by atomic mass is 9.93. The molecule has 0 spiro atoms. The quantitative estimate of drug-likeness (QED) is 0.296. The van der Waals surface area contributed by atoms with Gasteiger partial charge in [0.25, 0.3) is 5.91 Å². The fourth-order valence-electron chi connectivity index (χ4n) is 4.03. The number of hydrogen-bond acceptors (Lipinski definition) is 4. The van der Waals surface area contributed by atoms with Crippen molar-refractivity contribution in [3.8, 4) is 11.1 Å². The van der Waals surface area contributed by atoms with Gasteiger partial charge in [0.15, 0.2) is 0 Å². The van der Waals surface area contributed by atoms with Gasteiger partial charge in [-0.25, -0.2) is 4.79 Å². The molecule has 5 nitrogen and oxygen atoms in total. The molecule has 190 valence electrons. The van der Waals surface area contributed by atoms with Gasteiger partial charge in [-0.15, -0.1) is 0 Å². The largest absolute Gasteiger partial charge is 0.480 e. The van der Waals surface area contributed by atoms with Crippen molar-refractivity contribution in [2.75, 3.05) is 12.0 Å². The standard InChI is InChI=1S/C30H35NO4S/c1-20(2)24-10-7-9-22(16-24)18-35-19-23-12-13-26(27(17-23)25-11-6-5-8-21(25)3)29(32)31-28(30(33)34)14-15-36-4/h5-13,16-17,20,28H,14-15,18-19H2,1-4H3,(H,31,32)(H,33,34). The lowest BCUT2D eigenvalue weighted by Crippen LogP contribution is -2.41. The van der Waals surface area contributed by atoms with Crippen LogP contribution in [0.4, 0.5) is 0 Å². The molecule has 1 amide bonds. The summed E-state index contributed by atoms with van der Waals surface area (Å²) < 4.78 is 6.02. The van der Waals surface area contributed by atoms with Crippen LogP contribution in [0, 0.1) is 6.92 Å². The van der Waals surface area contributed by atoms with Gasteiger partial charge in [0, 0.05) is 5.56 Å². The monoisotopic (exact) mass is 505 g/mol. The second-order valence-electron chi connectivity index (χ2n) is 9.23. The van der Waals surface area contributed by atoms with E-state index in [-0.39, 0.29) is 5.91 Å². The molecule has 0 aliphatic heterocycles. The highest BCUT2D eigenvalue weighted by atomic mass is 32.2. The minimum atomic E-state index is -1.03. The first kappa shape index (κ1) is 27.5. The van der Waals surface area contributed by atoms with Crippen LogP contribution in [0.5, 0.6) is 0 Å². The molecular formula is C30H35NO4S. The smallest absolute Gasteiger partial charge is 0.326 e. The van der Waals surface area contributed by atoms with Crippen molar-refractivity contribution in [2.24, 2.45) is 0 Å². The van der Waals surface area contributed by atoms with Crippen LogP contribution in [0.2, 0.25) is 0 Å². The van der Waals surface area contributed by atoms with E-state index in [9.17, 15) is 14.7 Å². The van der Waals surface area contributed by atoms with Gasteiger partial charge in [-0.3, -0.25) is 4.79 Å². The molecule has 0 aromatic heterocycles. The Morgan fingerprint density at radius 1 is 0.944 bits per heavy atom. The molecule has 0 saturated heterocycles. The number of rotatable bonds is 12. The summed E-state index contributed by atoms with van der Waals surface area (Å²) in [6.07, 6.45) is 2.28. The first-order valence-corrected chi connectivity index (χ1v) is 13.6. The molecule has 36 heavy (non-hydrogen) atoms. The van der Waals surface area contributed by atoms with Crippen LogP contribution in [0.15, 0.2) is 66.7 Å². The summed E-state index contributed by atoms with van der Waals surface area (Å²) >= 11 is 1.55. The molecule has 0 heterocycles. The third-order valence-corrected chi connectivity index (χ3v) is 6.78. The van der Waals surface area contributed by atoms with E-state index in [2.05, 4.69) is 43.4 Å². The molecule has 3 aromatic rings. The summed E-state index contributed by atoms with van der Waals surface area (Å²) in [5, 5.41) is 12.3. The third-order valence-electron chi connectivity index (χ3n) is 6.13. The molecule has 0 bridgehead atoms. The maximum atomic E-state index is 13.2. The zero-order valence-corrected chi connectivity index (χ0v) is 22.2. The molecular weight excluding hydrogens is 470 g/mol. The summed E-state index contributed by atoms with van der Waals surface area (Å²) in [6, 6.07) is 21.0. The molecule has 0 aliphatic carbocycles. The number of hydrogen-bond donors (Lipinski definition) is 2. The third kappa shape index (κ3) is 7.45. The van der Waals surface area contributed by atoms with Crippen molar-refractivity contribution in [1.29, 1.82) is 0 Å². The average Bonchev–Trinajstić information content (AvgIpc) is 2.86. The van der Waals surface area contributed by atoms with Crippen LogP contribution in [0.3, 0.4) is 0 Å². The molecule has 3 aromatic carbocycles. The SMILES string of the molecule is CSCCC(NC(=O)c1ccc(COCc2cccc(C(C)C)c2)cc1-c1ccccc1C)C(=O)O. The maximum Gasteiger partial charge on any atom is 0.326 e. The number of carbonyl (C=O) groups excluding carboxylic acids is 1. The predicted molar refractivity (Wildman–Crippen MR) is 148 cm³/mol. The van der Waals surface area contributed by atoms with E-state index in [0.717, 1.165) is 27.8 Å². The van der Waals surface area contributed by atoms with Crippen molar-refractivity contribution in [2.45, 2.75) is 52.4 Å². The Kier molecular flexibility index (Phi) is 10.1. The highest BCUT2D eigenvalue weighted by Gasteiger charge is 2.22. The number of aryl methyl sites for hydroxylation is 1. The van der Waals surface area contributed by atoms with E-state index in [1.807, 2.05) is 49.6 Å². The molecule has 2 N–H and O–H groups in total. The second-order valence-corrected chi connectivity index (χ2v) is 10.2. The van der Waals surface area contributed by atoms with Gasteiger partial charge < -0.3 is 15.2 Å². The predicted octanol–water partition coefficient (Wildman–Crippen LogP) is 6.44. The normalized spacial score (nSPS) is 11.9. The summed E-state index contributed by atoms with van der Waals surface area (Å²) in [4.78, 5) is 24.9. The zero-order chi connectivity index (χ0) is 26.1. The molecule has 3 rings (SSSR count). The van der Waals surface area contributed by atoms with Crippen LogP contribution >= 0.6 is 11.8 Å². The Balaban J connectivity index is 1.83. The summed E-state index contributed by atoms with van der Waals surface area (Å²) in [5.74, 6) is -0.305. The van der Waals surface area contributed by atoms with Crippen molar-refractivity contribution in [3.63, 3.8) is 0 Å². The van der Waals surface area contributed by atoms with Crippen LogP contribution in [-0.4, -0.2) is 35.0 Å². The van der Waals surface area contributed by atoms with Crippen LogP contribution < -0.4 is 5.32 Å². The summed E-state index contributed by atoms with van der Waals surface area (Å²) in [7, 11) is 0. The van der Waals surface area contributed by atoms with E-state index in [4.69, 9.17) is 4.74 Å². The number of carboxylic acids is 1. The minimum absolute atomic E-state index is 0.367. The van der Waals surface area contributed by atoms with Gasteiger partial charge >= 0.3 is 5.97 Å². The number of nitrogens with one attached hydrogen (secondary N) is 1. The molecule has 0 fully saturated rings. The van der Waals surface area contributed by atoms with Crippen LogP contribution in [0.25, 0.3) is 11.1 Å². The van der Waals surface area contributed by atoms with E-state index in [1.165, 1.54) is 5.56 Å². The number of amides is 1. The Bertz CT molecular complexity index is 1190. The highest BCUT2D eigenvalue weighted by Crippen LogP contribution is 2.29. The first-order chi connectivity index (χ1) is 17.3. The van der Waals surface area contributed by atoms with Crippen LogP contribution in [-0.2, 0) is 22.7 Å². The first-order valence-electron chi connectivity index (χ1n) is 12.2. The molecule has 0 aliphatic rings. The molecule has 1 atom stereocenters. The summed E-state index contributed by atoms with van der Waals surface area (Å²) in [5.41, 5.74) is 6.54. The summed E-state index contributed by atoms with van der Waals surface area (Å²) in [6.45, 7) is 7.25. The highest BCUT2D eigenvalue weighted by molar-refractivity contribution is 7.98. The Hall–Kier alpha value is -3.09. The van der Waals surface area contributed by atoms with Crippen molar-refractivity contribution in [1.82, 2.24) is 5.32 Å². The Labute approximate surface area is 218 Å². The van der Waals surface area contributed by atoms with Gasteiger partial charge in [0.1, 0.15) is 6.04 Å². The minimum Gasteiger partial charge on any atom is -0.480 e. The van der Waals surface area contributed by atoms with Crippen molar-refractivity contribution in [3.05, 3.63) is 94.5 Å². The fourth-order valence-corrected chi connectivity index (χ4v) is 4.51. The Morgan fingerprint density at radius 3 is 2.33 bits per heavy atom. The van der Waals surface area contributed by atoms with Gasteiger partial charge in [-0.2, -0.15) is 11.8 Å². The number of benzene rings is 3. The van der Waals surface area contributed by atoms with E-state index in [0.29, 0.717) is 36.9 Å².